The van der Waals surface area contributed by atoms with Crippen molar-refractivity contribution in [1.82, 2.24) is 0 Å². The van der Waals surface area contributed by atoms with Gasteiger partial charge in [-0.25, -0.2) is 0 Å². The fraction of sp³-hybridized carbons (Fsp3) is 0.133. The second-order valence-corrected chi connectivity index (χ2v) is 5.92. The third-order valence-electron chi connectivity index (χ3n) is 2.75. The van der Waals surface area contributed by atoms with E-state index in [-0.39, 0.29) is 5.78 Å². The van der Waals surface area contributed by atoms with Crippen LogP contribution in [0.25, 0.3) is 0 Å². The van der Waals surface area contributed by atoms with E-state index in [1.54, 1.807) is 18.2 Å². The number of carbonyl (C=O) groups excluding carboxylic acids is 1. The molecule has 4 heteroatoms. The summed E-state index contributed by atoms with van der Waals surface area (Å²) < 4.78 is 0.950. The Hall–Kier alpha value is -0.830. The Labute approximate surface area is 130 Å². The van der Waals surface area contributed by atoms with Crippen molar-refractivity contribution in [2.45, 2.75) is 12.8 Å². The lowest BCUT2D eigenvalue weighted by atomic mass is 10.0. The molecule has 19 heavy (non-hydrogen) atoms. The molecule has 2 rings (SSSR count). The number of hydrogen-bond acceptors (Lipinski definition) is 1. The Morgan fingerprint density at radius 2 is 1.68 bits per heavy atom. The van der Waals surface area contributed by atoms with Crippen LogP contribution in [0.2, 0.25) is 10.0 Å². The zero-order valence-electron chi connectivity index (χ0n) is 10.00. The Bertz CT molecular complexity index is 611. The van der Waals surface area contributed by atoms with Gasteiger partial charge in [0.1, 0.15) is 5.78 Å². The maximum Gasteiger partial charge on any atom is 0.141 e. The highest BCUT2D eigenvalue weighted by Crippen LogP contribution is 2.22. The predicted molar refractivity (Wildman–Crippen MR) is 83.0 cm³/mol. The minimum absolute atomic E-state index is 0.121. The van der Waals surface area contributed by atoms with Crippen LogP contribution in [0.1, 0.15) is 11.1 Å². The van der Waals surface area contributed by atoms with Gasteiger partial charge in [0.15, 0.2) is 0 Å². The third kappa shape index (κ3) is 4.07. The van der Waals surface area contributed by atoms with Crippen molar-refractivity contribution in [1.29, 1.82) is 0 Å². The molecule has 0 amide bonds. The zero-order valence-corrected chi connectivity index (χ0v) is 13.1. The molecule has 2 aromatic carbocycles. The second-order valence-electron chi connectivity index (χ2n) is 4.22. The van der Waals surface area contributed by atoms with Gasteiger partial charge in [-0.15, -0.1) is 0 Å². The normalized spacial score (nSPS) is 10.5. The Morgan fingerprint density at radius 3 is 2.37 bits per heavy atom. The van der Waals surface area contributed by atoms with Crippen LogP contribution in [0.4, 0.5) is 0 Å². The minimum atomic E-state index is 0.121. The number of Topliss-reactive ketones (excluding diaryl/α,β-unsaturated/α-hetero) is 1. The fourth-order valence-corrected chi connectivity index (χ4v) is 2.69. The summed E-state index contributed by atoms with van der Waals surface area (Å²) in [6.45, 7) is 0. The number of halogens is 3. The van der Waals surface area contributed by atoms with Crippen LogP contribution in [-0.2, 0) is 17.6 Å². The summed E-state index contributed by atoms with van der Waals surface area (Å²) in [6.07, 6.45) is 0.706. The van der Waals surface area contributed by atoms with E-state index in [2.05, 4.69) is 15.9 Å². The van der Waals surface area contributed by atoms with Gasteiger partial charge in [0.25, 0.3) is 0 Å². The summed E-state index contributed by atoms with van der Waals surface area (Å²) in [5, 5.41) is 1.11. The SMILES string of the molecule is O=C(Cc1ccc(Cl)cc1Cl)Cc1ccccc1Br. The highest BCUT2D eigenvalue weighted by atomic mass is 79.9. The largest absolute Gasteiger partial charge is 0.299 e. The Balaban J connectivity index is 2.08. The fourth-order valence-electron chi connectivity index (χ4n) is 1.79. The van der Waals surface area contributed by atoms with Crippen LogP contribution in [0.5, 0.6) is 0 Å². The Morgan fingerprint density at radius 1 is 1.00 bits per heavy atom. The van der Waals surface area contributed by atoms with Gasteiger partial charge in [0.2, 0.25) is 0 Å². The summed E-state index contributed by atoms with van der Waals surface area (Å²) in [5.41, 5.74) is 1.79. The molecule has 0 bridgehead atoms. The molecule has 0 aliphatic heterocycles. The standard InChI is InChI=1S/C15H11BrCl2O/c16-14-4-2-1-3-10(14)7-13(19)8-11-5-6-12(17)9-15(11)18/h1-6,9H,7-8H2. The number of rotatable bonds is 4. The molecular formula is C15H11BrCl2O. The molecule has 0 heterocycles. The molecule has 0 N–H and O–H groups in total. The van der Waals surface area contributed by atoms with Crippen molar-refractivity contribution in [3.8, 4) is 0 Å². The van der Waals surface area contributed by atoms with Crippen molar-refractivity contribution in [2.75, 3.05) is 0 Å². The first kappa shape index (κ1) is 14.6. The van der Waals surface area contributed by atoms with Crippen molar-refractivity contribution in [2.24, 2.45) is 0 Å². The lowest BCUT2D eigenvalue weighted by molar-refractivity contribution is -0.117. The topological polar surface area (TPSA) is 17.1 Å². The van der Waals surface area contributed by atoms with E-state index in [0.717, 1.165) is 15.6 Å². The van der Waals surface area contributed by atoms with Gasteiger partial charge in [-0.1, -0.05) is 63.4 Å². The first-order valence-corrected chi connectivity index (χ1v) is 7.30. The van der Waals surface area contributed by atoms with Crippen molar-refractivity contribution < 1.29 is 4.79 Å². The summed E-state index contributed by atoms with van der Waals surface area (Å²) in [4.78, 5) is 12.1. The van der Waals surface area contributed by atoms with Crippen molar-refractivity contribution in [3.63, 3.8) is 0 Å². The molecule has 0 fully saturated rings. The van der Waals surface area contributed by atoms with Crippen LogP contribution in [0, 0.1) is 0 Å². The van der Waals surface area contributed by atoms with Gasteiger partial charge in [-0.05, 0) is 29.3 Å². The summed E-state index contributed by atoms with van der Waals surface area (Å²) in [5.74, 6) is 0.121. The molecular weight excluding hydrogens is 347 g/mol. The monoisotopic (exact) mass is 356 g/mol. The van der Waals surface area contributed by atoms with Gasteiger partial charge >= 0.3 is 0 Å². The molecule has 0 aliphatic rings. The molecule has 2 aromatic rings. The minimum Gasteiger partial charge on any atom is -0.299 e. The van der Waals surface area contributed by atoms with Gasteiger partial charge in [-0.3, -0.25) is 4.79 Å². The van der Waals surface area contributed by atoms with E-state index in [9.17, 15) is 4.79 Å². The average molecular weight is 358 g/mol. The van der Waals surface area contributed by atoms with Crippen LogP contribution in [0.3, 0.4) is 0 Å². The molecule has 0 aliphatic carbocycles. The Kier molecular flexibility index (Phi) is 5.03. The average Bonchev–Trinajstić information content (AvgIpc) is 2.36. The maximum atomic E-state index is 12.1. The molecule has 0 unspecified atom stereocenters. The third-order valence-corrected chi connectivity index (χ3v) is 4.11. The zero-order chi connectivity index (χ0) is 13.8. The van der Waals surface area contributed by atoms with Crippen molar-refractivity contribution >= 4 is 44.9 Å². The first-order valence-electron chi connectivity index (χ1n) is 5.75. The highest BCUT2D eigenvalue weighted by Gasteiger charge is 2.10. The van der Waals surface area contributed by atoms with Crippen LogP contribution in [0.15, 0.2) is 46.9 Å². The van der Waals surface area contributed by atoms with E-state index in [0.29, 0.717) is 22.9 Å². The summed E-state index contributed by atoms with van der Waals surface area (Å²) in [7, 11) is 0. The molecule has 0 saturated heterocycles. The lowest BCUT2D eigenvalue weighted by Crippen LogP contribution is -2.07. The van der Waals surface area contributed by atoms with E-state index >= 15 is 0 Å². The maximum absolute atomic E-state index is 12.1. The summed E-state index contributed by atoms with van der Waals surface area (Å²) in [6, 6.07) is 12.9. The van der Waals surface area contributed by atoms with Crippen LogP contribution >= 0.6 is 39.1 Å². The van der Waals surface area contributed by atoms with E-state index in [1.165, 1.54) is 0 Å². The number of carbonyl (C=O) groups is 1. The number of hydrogen-bond donors (Lipinski definition) is 0. The van der Waals surface area contributed by atoms with Crippen LogP contribution < -0.4 is 0 Å². The lowest BCUT2D eigenvalue weighted by Gasteiger charge is -2.06. The van der Waals surface area contributed by atoms with Gasteiger partial charge in [-0.2, -0.15) is 0 Å². The smallest absolute Gasteiger partial charge is 0.141 e. The summed E-state index contributed by atoms with van der Waals surface area (Å²) >= 11 is 15.3. The first-order chi connectivity index (χ1) is 9.06. The number of ketones is 1. The van der Waals surface area contributed by atoms with Gasteiger partial charge in [0, 0.05) is 27.4 Å². The molecule has 0 radical (unpaired) electrons. The van der Waals surface area contributed by atoms with E-state index in [1.807, 2.05) is 24.3 Å². The quantitative estimate of drug-likeness (QED) is 0.743. The molecule has 0 spiro atoms. The second kappa shape index (κ2) is 6.56. The van der Waals surface area contributed by atoms with E-state index in [4.69, 9.17) is 23.2 Å². The molecule has 98 valence electrons. The van der Waals surface area contributed by atoms with Crippen molar-refractivity contribution in [3.05, 3.63) is 68.1 Å². The predicted octanol–water partition coefficient (Wildman–Crippen LogP) is 5.11. The molecule has 0 aromatic heterocycles. The highest BCUT2D eigenvalue weighted by molar-refractivity contribution is 9.10. The van der Waals surface area contributed by atoms with E-state index < -0.39 is 0 Å². The number of benzene rings is 2. The van der Waals surface area contributed by atoms with Crippen LogP contribution in [-0.4, -0.2) is 5.78 Å². The molecule has 1 nitrogen and oxygen atoms in total. The van der Waals surface area contributed by atoms with Gasteiger partial charge in [0.05, 0.1) is 0 Å². The van der Waals surface area contributed by atoms with Gasteiger partial charge < -0.3 is 0 Å². The molecule has 0 saturated carbocycles. The molecule has 0 atom stereocenters.